The van der Waals surface area contributed by atoms with Gasteiger partial charge >= 0.3 is 0 Å². The summed E-state index contributed by atoms with van der Waals surface area (Å²) < 4.78 is 0. The van der Waals surface area contributed by atoms with Gasteiger partial charge in [-0.25, -0.2) is 0 Å². The predicted octanol–water partition coefficient (Wildman–Crippen LogP) is 4.09. The van der Waals surface area contributed by atoms with Crippen LogP contribution in [0.2, 0.25) is 0 Å². The zero-order valence-corrected chi connectivity index (χ0v) is 14.2. The smallest absolute Gasteiger partial charge is 0.0480 e. The van der Waals surface area contributed by atoms with Crippen LogP contribution < -0.4 is 5.32 Å². The van der Waals surface area contributed by atoms with E-state index in [2.05, 4.69) is 68.2 Å². The van der Waals surface area contributed by atoms with Crippen molar-refractivity contribution in [1.29, 1.82) is 0 Å². The van der Waals surface area contributed by atoms with Gasteiger partial charge in [0.2, 0.25) is 0 Å². The molecule has 0 amide bonds. The Labute approximate surface area is 130 Å². The van der Waals surface area contributed by atoms with Gasteiger partial charge in [-0.3, -0.25) is 4.90 Å². The van der Waals surface area contributed by atoms with Gasteiger partial charge in [0, 0.05) is 18.6 Å². The Hall–Kier alpha value is -0.860. The van der Waals surface area contributed by atoms with Gasteiger partial charge in [0.1, 0.15) is 0 Å². The number of likely N-dealkylation sites (tertiary alicyclic amines) is 1. The standard InChI is InChI=1S/C19H32N2/c1-5-20-18(17-11-7-6-8-12-17)19(15(2)3)21-13-9-10-16(4)14-21/h6-8,11-12,15-16,18-20H,5,9-10,13-14H2,1-4H3. The third-order valence-corrected chi connectivity index (χ3v) is 4.72. The highest BCUT2D eigenvalue weighted by molar-refractivity contribution is 5.21. The van der Waals surface area contributed by atoms with E-state index in [4.69, 9.17) is 0 Å². The highest BCUT2D eigenvalue weighted by Crippen LogP contribution is 2.30. The first-order chi connectivity index (χ1) is 10.1. The van der Waals surface area contributed by atoms with Crippen molar-refractivity contribution in [3.63, 3.8) is 0 Å². The van der Waals surface area contributed by atoms with E-state index in [1.165, 1.54) is 31.5 Å². The lowest BCUT2D eigenvalue weighted by Gasteiger charge is -2.43. The van der Waals surface area contributed by atoms with Crippen molar-refractivity contribution in [3.8, 4) is 0 Å². The number of piperidine rings is 1. The highest BCUT2D eigenvalue weighted by Gasteiger charge is 2.32. The summed E-state index contributed by atoms with van der Waals surface area (Å²) in [6, 6.07) is 12.0. The Morgan fingerprint density at radius 1 is 1.24 bits per heavy atom. The number of hydrogen-bond acceptors (Lipinski definition) is 2. The molecule has 2 rings (SSSR count). The van der Waals surface area contributed by atoms with Gasteiger partial charge in [0.15, 0.2) is 0 Å². The van der Waals surface area contributed by atoms with Crippen LogP contribution in [0.15, 0.2) is 30.3 Å². The molecule has 2 heteroatoms. The molecule has 1 aromatic carbocycles. The summed E-state index contributed by atoms with van der Waals surface area (Å²) in [5.74, 6) is 1.48. The summed E-state index contributed by atoms with van der Waals surface area (Å²) in [6.45, 7) is 12.9. The van der Waals surface area contributed by atoms with E-state index in [-0.39, 0.29) is 0 Å². The number of nitrogens with zero attached hydrogens (tertiary/aromatic N) is 1. The van der Waals surface area contributed by atoms with Crippen LogP contribution in [0.5, 0.6) is 0 Å². The van der Waals surface area contributed by atoms with Gasteiger partial charge in [0.05, 0.1) is 0 Å². The fourth-order valence-electron chi connectivity index (χ4n) is 3.83. The van der Waals surface area contributed by atoms with Crippen LogP contribution in [0.3, 0.4) is 0 Å². The van der Waals surface area contributed by atoms with Crippen molar-refractivity contribution >= 4 is 0 Å². The SMILES string of the molecule is CCNC(c1ccccc1)C(C(C)C)N1CCCC(C)C1. The van der Waals surface area contributed by atoms with Gasteiger partial charge in [-0.1, -0.05) is 58.0 Å². The van der Waals surface area contributed by atoms with Crippen LogP contribution >= 0.6 is 0 Å². The molecule has 3 unspecified atom stereocenters. The Kier molecular flexibility index (Phi) is 6.25. The minimum Gasteiger partial charge on any atom is -0.309 e. The first kappa shape index (κ1) is 16.5. The van der Waals surface area contributed by atoms with Crippen molar-refractivity contribution in [3.05, 3.63) is 35.9 Å². The van der Waals surface area contributed by atoms with Crippen molar-refractivity contribution in [2.24, 2.45) is 11.8 Å². The summed E-state index contributed by atoms with van der Waals surface area (Å²) in [6.07, 6.45) is 2.73. The molecule has 0 saturated carbocycles. The number of likely N-dealkylation sites (N-methyl/N-ethyl adjacent to an activating group) is 1. The van der Waals surface area contributed by atoms with E-state index >= 15 is 0 Å². The minimum absolute atomic E-state index is 0.432. The maximum atomic E-state index is 3.75. The number of benzene rings is 1. The molecule has 0 radical (unpaired) electrons. The van der Waals surface area contributed by atoms with Crippen LogP contribution in [0.1, 0.15) is 52.1 Å². The topological polar surface area (TPSA) is 15.3 Å². The molecule has 0 aliphatic carbocycles. The molecule has 3 atom stereocenters. The van der Waals surface area contributed by atoms with Crippen molar-refractivity contribution in [1.82, 2.24) is 10.2 Å². The fourth-order valence-corrected chi connectivity index (χ4v) is 3.83. The Balaban J connectivity index is 2.24. The molecule has 0 aromatic heterocycles. The molecule has 1 aromatic rings. The second kappa shape index (κ2) is 7.95. The summed E-state index contributed by atoms with van der Waals surface area (Å²) in [5.41, 5.74) is 1.43. The van der Waals surface area contributed by atoms with Crippen molar-refractivity contribution in [2.45, 2.75) is 52.6 Å². The quantitative estimate of drug-likeness (QED) is 0.848. The number of hydrogen-bond donors (Lipinski definition) is 1. The average molecular weight is 288 g/mol. The number of nitrogens with one attached hydrogen (secondary N) is 1. The zero-order valence-electron chi connectivity index (χ0n) is 14.2. The van der Waals surface area contributed by atoms with Crippen LogP contribution in [0.25, 0.3) is 0 Å². The molecule has 1 aliphatic heterocycles. The van der Waals surface area contributed by atoms with Crippen LogP contribution in [0.4, 0.5) is 0 Å². The Morgan fingerprint density at radius 2 is 1.95 bits per heavy atom. The number of rotatable bonds is 6. The summed E-state index contributed by atoms with van der Waals surface area (Å²) in [5, 5.41) is 3.75. The van der Waals surface area contributed by atoms with Crippen LogP contribution in [0, 0.1) is 11.8 Å². The molecular formula is C19H32N2. The maximum Gasteiger partial charge on any atom is 0.0480 e. The molecule has 1 fully saturated rings. The monoisotopic (exact) mass is 288 g/mol. The van der Waals surface area contributed by atoms with Gasteiger partial charge in [-0.05, 0) is 43.3 Å². The van der Waals surface area contributed by atoms with E-state index in [0.29, 0.717) is 18.0 Å². The zero-order chi connectivity index (χ0) is 15.2. The first-order valence-corrected chi connectivity index (χ1v) is 8.65. The molecule has 1 N–H and O–H groups in total. The van der Waals surface area contributed by atoms with Gasteiger partial charge in [-0.15, -0.1) is 0 Å². The minimum atomic E-state index is 0.432. The largest absolute Gasteiger partial charge is 0.309 e. The molecule has 0 spiro atoms. The van der Waals surface area contributed by atoms with Crippen LogP contribution in [-0.4, -0.2) is 30.6 Å². The van der Waals surface area contributed by atoms with Crippen LogP contribution in [-0.2, 0) is 0 Å². The summed E-state index contributed by atoms with van der Waals surface area (Å²) >= 11 is 0. The van der Waals surface area contributed by atoms with E-state index in [1.807, 2.05) is 0 Å². The van der Waals surface area contributed by atoms with E-state index < -0.39 is 0 Å². The fraction of sp³-hybridized carbons (Fsp3) is 0.684. The maximum absolute atomic E-state index is 3.75. The summed E-state index contributed by atoms with van der Waals surface area (Å²) in [4.78, 5) is 2.74. The molecule has 118 valence electrons. The van der Waals surface area contributed by atoms with Crippen molar-refractivity contribution < 1.29 is 0 Å². The lowest BCUT2D eigenvalue weighted by Crippen LogP contribution is -2.51. The molecule has 0 bridgehead atoms. The molecule has 1 heterocycles. The predicted molar refractivity (Wildman–Crippen MR) is 91.5 cm³/mol. The molecule has 1 saturated heterocycles. The third-order valence-electron chi connectivity index (χ3n) is 4.72. The Bertz CT molecular complexity index is 401. The molecule has 2 nitrogen and oxygen atoms in total. The van der Waals surface area contributed by atoms with Gasteiger partial charge < -0.3 is 5.32 Å². The molecule has 1 aliphatic rings. The Morgan fingerprint density at radius 3 is 2.52 bits per heavy atom. The first-order valence-electron chi connectivity index (χ1n) is 8.65. The van der Waals surface area contributed by atoms with Gasteiger partial charge in [-0.2, -0.15) is 0 Å². The molecule has 21 heavy (non-hydrogen) atoms. The van der Waals surface area contributed by atoms with E-state index in [1.54, 1.807) is 0 Å². The van der Waals surface area contributed by atoms with Gasteiger partial charge in [0.25, 0.3) is 0 Å². The lowest BCUT2D eigenvalue weighted by atomic mass is 9.87. The lowest BCUT2D eigenvalue weighted by molar-refractivity contribution is 0.0746. The second-order valence-corrected chi connectivity index (χ2v) is 6.92. The third kappa shape index (κ3) is 4.31. The highest BCUT2D eigenvalue weighted by atomic mass is 15.2. The molecular weight excluding hydrogens is 256 g/mol. The second-order valence-electron chi connectivity index (χ2n) is 6.92. The van der Waals surface area contributed by atoms with Crippen molar-refractivity contribution in [2.75, 3.05) is 19.6 Å². The van der Waals surface area contributed by atoms with E-state index in [0.717, 1.165) is 12.5 Å². The van der Waals surface area contributed by atoms with E-state index in [9.17, 15) is 0 Å². The average Bonchev–Trinajstić information content (AvgIpc) is 2.47. The summed E-state index contributed by atoms with van der Waals surface area (Å²) in [7, 11) is 0. The normalized spacial score (nSPS) is 23.2.